The maximum absolute atomic E-state index is 5.91. The van der Waals surface area contributed by atoms with E-state index in [0.717, 1.165) is 38.0 Å². The summed E-state index contributed by atoms with van der Waals surface area (Å²) in [6, 6.07) is 0.463. The van der Waals surface area contributed by atoms with Crippen LogP contribution >= 0.6 is 0 Å². The van der Waals surface area contributed by atoms with Crippen molar-refractivity contribution >= 4 is 0 Å². The van der Waals surface area contributed by atoms with Gasteiger partial charge < -0.3 is 15.8 Å². The average Bonchev–Trinajstić information content (AvgIpc) is 2.87. The first kappa shape index (κ1) is 12.3. The molecule has 0 amide bonds. The fourth-order valence-electron chi connectivity index (χ4n) is 3.15. The van der Waals surface area contributed by atoms with Gasteiger partial charge in [0.2, 0.25) is 0 Å². The first-order chi connectivity index (χ1) is 7.79. The third kappa shape index (κ3) is 3.19. The maximum atomic E-state index is 5.91. The van der Waals surface area contributed by atoms with Crippen molar-refractivity contribution in [3.63, 3.8) is 0 Å². The van der Waals surface area contributed by atoms with Gasteiger partial charge in [-0.1, -0.05) is 6.92 Å². The van der Waals surface area contributed by atoms with Crippen molar-refractivity contribution in [3.8, 4) is 0 Å². The Kier molecular flexibility index (Phi) is 4.62. The zero-order chi connectivity index (χ0) is 11.4. The standard InChI is InChI=1S/C13H26N2O/c1-2-13-11(5-6-16-13)9-15-8-10-3-4-12(14)7-10/h10-13,15H,2-9,14H2,1H3. The Morgan fingerprint density at radius 3 is 2.81 bits per heavy atom. The summed E-state index contributed by atoms with van der Waals surface area (Å²) >= 11 is 0. The van der Waals surface area contributed by atoms with Gasteiger partial charge in [0.25, 0.3) is 0 Å². The van der Waals surface area contributed by atoms with Gasteiger partial charge in [0.1, 0.15) is 0 Å². The van der Waals surface area contributed by atoms with Crippen molar-refractivity contribution in [2.45, 2.75) is 51.2 Å². The van der Waals surface area contributed by atoms with E-state index in [1.807, 2.05) is 0 Å². The predicted molar refractivity (Wildman–Crippen MR) is 66.3 cm³/mol. The smallest absolute Gasteiger partial charge is 0.0613 e. The van der Waals surface area contributed by atoms with Crippen molar-refractivity contribution in [2.24, 2.45) is 17.6 Å². The first-order valence-corrected chi connectivity index (χ1v) is 6.87. The van der Waals surface area contributed by atoms with Gasteiger partial charge in [-0.2, -0.15) is 0 Å². The Morgan fingerprint density at radius 2 is 2.12 bits per heavy atom. The van der Waals surface area contributed by atoms with Gasteiger partial charge in [0.15, 0.2) is 0 Å². The molecule has 3 N–H and O–H groups in total. The monoisotopic (exact) mass is 226 g/mol. The van der Waals surface area contributed by atoms with Crippen molar-refractivity contribution < 1.29 is 4.74 Å². The summed E-state index contributed by atoms with van der Waals surface area (Å²) < 4.78 is 5.69. The van der Waals surface area contributed by atoms with Crippen LogP contribution in [0.2, 0.25) is 0 Å². The zero-order valence-electron chi connectivity index (χ0n) is 10.5. The number of nitrogens with two attached hydrogens (primary N) is 1. The molecule has 2 rings (SSSR count). The van der Waals surface area contributed by atoms with Crippen LogP contribution in [0.4, 0.5) is 0 Å². The molecule has 0 bridgehead atoms. The summed E-state index contributed by atoms with van der Waals surface area (Å²) in [6.45, 7) is 5.46. The second-order valence-corrected chi connectivity index (χ2v) is 5.46. The molecule has 1 aliphatic heterocycles. The number of hydrogen-bond donors (Lipinski definition) is 2. The van der Waals surface area contributed by atoms with Crippen LogP contribution in [-0.2, 0) is 4.74 Å². The quantitative estimate of drug-likeness (QED) is 0.747. The normalized spacial score (nSPS) is 39.4. The number of hydrogen-bond acceptors (Lipinski definition) is 3. The highest BCUT2D eigenvalue weighted by molar-refractivity contribution is 4.81. The SMILES string of the molecule is CCC1OCCC1CNCC1CCC(N)C1. The molecule has 2 aliphatic rings. The predicted octanol–water partition coefficient (Wildman–Crippen LogP) is 1.52. The van der Waals surface area contributed by atoms with Crippen LogP contribution in [0.15, 0.2) is 0 Å². The minimum atomic E-state index is 0.463. The van der Waals surface area contributed by atoms with Gasteiger partial charge in [-0.15, -0.1) is 0 Å². The van der Waals surface area contributed by atoms with Crippen LogP contribution in [0.25, 0.3) is 0 Å². The lowest BCUT2D eigenvalue weighted by Crippen LogP contribution is -2.31. The summed E-state index contributed by atoms with van der Waals surface area (Å²) in [7, 11) is 0. The van der Waals surface area contributed by atoms with Gasteiger partial charge in [-0.05, 0) is 50.5 Å². The Balaban J connectivity index is 1.60. The fraction of sp³-hybridized carbons (Fsp3) is 1.00. The molecule has 2 fully saturated rings. The molecular weight excluding hydrogens is 200 g/mol. The molecule has 1 heterocycles. The van der Waals surface area contributed by atoms with Gasteiger partial charge in [0.05, 0.1) is 6.10 Å². The van der Waals surface area contributed by atoms with Crippen LogP contribution < -0.4 is 11.1 Å². The minimum absolute atomic E-state index is 0.463. The van der Waals surface area contributed by atoms with Crippen LogP contribution in [0, 0.1) is 11.8 Å². The molecule has 3 heteroatoms. The van der Waals surface area contributed by atoms with E-state index < -0.39 is 0 Å². The molecule has 1 saturated heterocycles. The summed E-state index contributed by atoms with van der Waals surface area (Å²) in [4.78, 5) is 0. The van der Waals surface area contributed by atoms with Gasteiger partial charge in [0, 0.05) is 19.2 Å². The zero-order valence-corrected chi connectivity index (χ0v) is 10.5. The van der Waals surface area contributed by atoms with E-state index in [1.165, 1.54) is 25.7 Å². The molecule has 1 aliphatic carbocycles. The minimum Gasteiger partial charge on any atom is -0.378 e. The Morgan fingerprint density at radius 1 is 1.25 bits per heavy atom. The Hall–Kier alpha value is -0.120. The molecule has 94 valence electrons. The molecule has 16 heavy (non-hydrogen) atoms. The van der Waals surface area contributed by atoms with E-state index in [9.17, 15) is 0 Å². The Labute approximate surface area is 99.1 Å². The van der Waals surface area contributed by atoms with Crippen molar-refractivity contribution in [3.05, 3.63) is 0 Å². The largest absolute Gasteiger partial charge is 0.378 e. The van der Waals surface area contributed by atoms with Crippen LogP contribution in [0.5, 0.6) is 0 Å². The van der Waals surface area contributed by atoms with Crippen molar-refractivity contribution in [2.75, 3.05) is 19.7 Å². The van der Waals surface area contributed by atoms with E-state index in [0.29, 0.717) is 12.1 Å². The first-order valence-electron chi connectivity index (χ1n) is 6.87. The van der Waals surface area contributed by atoms with E-state index in [1.54, 1.807) is 0 Å². The van der Waals surface area contributed by atoms with Gasteiger partial charge in [-0.25, -0.2) is 0 Å². The molecule has 0 aromatic heterocycles. The summed E-state index contributed by atoms with van der Waals surface area (Å²) in [5.41, 5.74) is 5.91. The number of ether oxygens (including phenoxy) is 1. The highest BCUT2D eigenvalue weighted by Gasteiger charge is 2.27. The van der Waals surface area contributed by atoms with Crippen LogP contribution in [0.3, 0.4) is 0 Å². The fourth-order valence-corrected chi connectivity index (χ4v) is 3.15. The lowest BCUT2D eigenvalue weighted by molar-refractivity contribution is 0.0871. The molecule has 1 saturated carbocycles. The average molecular weight is 226 g/mol. The molecule has 3 nitrogen and oxygen atoms in total. The van der Waals surface area contributed by atoms with E-state index in [2.05, 4.69) is 12.2 Å². The van der Waals surface area contributed by atoms with E-state index in [-0.39, 0.29) is 0 Å². The maximum Gasteiger partial charge on any atom is 0.0613 e. The third-order valence-corrected chi connectivity index (χ3v) is 4.17. The molecular formula is C13H26N2O. The molecule has 0 aromatic rings. The molecule has 4 atom stereocenters. The second-order valence-electron chi connectivity index (χ2n) is 5.46. The van der Waals surface area contributed by atoms with Gasteiger partial charge in [-0.3, -0.25) is 0 Å². The number of rotatable bonds is 5. The molecule has 0 spiro atoms. The highest BCUT2D eigenvalue weighted by Crippen LogP contribution is 2.25. The van der Waals surface area contributed by atoms with Crippen molar-refractivity contribution in [1.29, 1.82) is 0 Å². The Bertz CT molecular complexity index is 210. The third-order valence-electron chi connectivity index (χ3n) is 4.17. The molecule has 0 radical (unpaired) electrons. The lowest BCUT2D eigenvalue weighted by Gasteiger charge is -2.18. The van der Waals surface area contributed by atoms with Crippen molar-refractivity contribution in [1.82, 2.24) is 5.32 Å². The molecule has 0 aromatic carbocycles. The van der Waals surface area contributed by atoms with E-state index in [4.69, 9.17) is 10.5 Å². The van der Waals surface area contributed by atoms with Crippen LogP contribution in [-0.4, -0.2) is 31.8 Å². The van der Waals surface area contributed by atoms with Gasteiger partial charge >= 0.3 is 0 Å². The summed E-state index contributed by atoms with van der Waals surface area (Å²) in [5, 5.41) is 3.62. The molecule has 4 unspecified atom stereocenters. The van der Waals surface area contributed by atoms with E-state index >= 15 is 0 Å². The number of nitrogens with one attached hydrogen (secondary N) is 1. The summed E-state index contributed by atoms with van der Waals surface area (Å²) in [5.74, 6) is 1.55. The highest BCUT2D eigenvalue weighted by atomic mass is 16.5. The summed E-state index contributed by atoms with van der Waals surface area (Å²) in [6.07, 6.45) is 6.63. The lowest BCUT2D eigenvalue weighted by atomic mass is 9.99. The second kappa shape index (κ2) is 5.99. The van der Waals surface area contributed by atoms with Crippen LogP contribution in [0.1, 0.15) is 39.0 Å². The topological polar surface area (TPSA) is 47.3 Å².